The number of nitrogens with zero attached hydrogens (tertiary/aromatic N) is 2. The summed E-state index contributed by atoms with van der Waals surface area (Å²) in [6.07, 6.45) is 0. The Labute approximate surface area is 73.1 Å². The Balaban J connectivity index is 3.05. The highest BCUT2D eigenvalue weighted by Crippen LogP contribution is 2.27. The summed E-state index contributed by atoms with van der Waals surface area (Å²) < 4.78 is 9.08. The minimum absolute atomic E-state index is 0.103. The van der Waals surface area contributed by atoms with E-state index < -0.39 is 0 Å². The van der Waals surface area contributed by atoms with E-state index in [9.17, 15) is 0 Å². The third-order valence-corrected chi connectivity index (χ3v) is 2.47. The SMILES string of the molecule is CC(C)(C)c1nsnc1Br. The lowest BCUT2D eigenvalue weighted by Gasteiger charge is -2.14. The summed E-state index contributed by atoms with van der Waals surface area (Å²) in [5, 5.41) is 0. The van der Waals surface area contributed by atoms with Crippen LogP contribution in [0.5, 0.6) is 0 Å². The molecule has 0 N–H and O–H groups in total. The lowest BCUT2D eigenvalue weighted by Crippen LogP contribution is -2.11. The molecule has 1 aromatic rings. The topological polar surface area (TPSA) is 25.8 Å². The molecule has 4 heteroatoms. The van der Waals surface area contributed by atoms with Crippen LogP contribution in [-0.4, -0.2) is 8.75 Å². The molecule has 10 heavy (non-hydrogen) atoms. The van der Waals surface area contributed by atoms with E-state index >= 15 is 0 Å². The Hall–Kier alpha value is 0.0400. The van der Waals surface area contributed by atoms with Crippen LogP contribution in [0.2, 0.25) is 0 Å². The lowest BCUT2D eigenvalue weighted by atomic mass is 9.93. The molecule has 2 nitrogen and oxygen atoms in total. The molecular formula is C6H9BrN2S. The van der Waals surface area contributed by atoms with Crippen molar-refractivity contribution in [2.24, 2.45) is 0 Å². The summed E-state index contributed by atoms with van der Waals surface area (Å²) in [6.45, 7) is 6.36. The van der Waals surface area contributed by atoms with Crippen LogP contribution in [0, 0.1) is 0 Å². The minimum Gasteiger partial charge on any atom is -0.176 e. The maximum Gasteiger partial charge on any atom is 0.143 e. The first-order valence-corrected chi connectivity index (χ1v) is 4.52. The standard InChI is InChI=1S/C6H9BrN2S/c1-6(2,3)4-5(7)9-10-8-4/h1-3H3. The monoisotopic (exact) mass is 220 g/mol. The molecule has 1 heterocycles. The predicted octanol–water partition coefficient (Wildman–Crippen LogP) is 2.60. The van der Waals surface area contributed by atoms with Crippen LogP contribution in [0.25, 0.3) is 0 Å². The van der Waals surface area contributed by atoms with E-state index in [-0.39, 0.29) is 5.41 Å². The fourth-order valence-corrected chi connectivity index (χ4v) is 2.26. The van der Waals surface area contributed by atoms with Crippen LogP contribution < -0.4 is 0 Å². The minimum atomic E-state index is 0.103. The first-order chi connectivity index (χ1) is 4.52. The van der Waals surface area contributed by atoms with Gasteiger partial charge >= 0.3 is 0 Å². The van der Waals surface area contributed by atoms with E-state index in [1.54, 1.807) is 0 Å². The van der Waals surface area contributed by atoms with Crippen molar-refractivity contribution in [2.45, 2.75) is 26.2 Å². The smallest absolute Gasteiger partial charge is 0.143 e. The zero-order valence-electron chi connectivity index (χ0n) is 6.18. The first kappa shape index (κ1) is 8.14. The average molecular weight is 221 g/mol. The van der Waals surface area contributed by atoms with Gasteiger partial charge in [-0.2, -0.15) is 8.75 Å². The Morgan fingerprint density at radius 3 is 2.10 bits per heavy atom. The largest absolute Gasteiger partial charge is 0.176 e. The average Bonchev–Trinajstić information content (AvgIpc) is 2.11. The van der Waals surface area contributed by atoms with Crippen molar-refractivity contribution in [2.75, 3.05) is 0 Å². The van der Waals surface area contributed by atoms with Gasteiger partial charge in [0, 0.05) is 5.41 Å². The van der Waals surface area contributed by atoms with E-state index in [0.717, 1.165) is 10.3 Å². The van der Waals surface area contributed by atoms with Crippen LogP contribution in [-0.2, 0) is 5.41 Å². The number of hydrogen-bond donors (Lipinski definition) is 0. The molecule has 0 amide bonds. The van der Waals surface area contributed by atoms with Gasteiger partial charge in [0.25, 0.3) is 0 Å². The maximum absolute atomic E-state index is 4.17. The molecule has 0 saturated carbocycles. The van der Waals surface area contributed by atoms with Gasteiger partial charge in [-0.1, -0.05) is 20.8 Å². The first-order valence-electron chi connectivity index (χ1n) is 3.00. The second kappa shape index (κ2) is 2.58. The van der Waals surface area contributed by atoms with Gasteiger partial charge in [-0.15, -0.1) is 0 Å². The number of hydrogen-bond acceptors (Lipinski definition) is 3. The molecule has 0 atom stereocenters. The molecular weight excluding hydrogens is 212 g/mol. The van der Waals surface area contributed by atoms with Crippen molar-refractivity contribution in [3.8, 4) is 0 Å². The van der Waals surface area contributed by atoms with Crippen LogP contribution in [0.1, 0.15) is 26.5 Å². The van der Waals surface area contributed by atoms with Gasteiger partial charge in [-0.05, 0) is 15.9 Å². The highest BCUT2D eigenvalue weighted by atomic mass is 79.9. The Morgan fingerprint density at radius 2 is 1.90 bits per heavy atom. The highest BCUT2D eigenvalue weighted by molar-refractivity contribution is 9.10. The van der Waals surface area contributed by atoms with E-state index in [2.05, 4.69) is 45.4 Å². The normalized spacial score (nSPS) is 12.0. The fraction of sp³-hybridized carbons (Fsp3) is 0.667. The molecule has 1 rings (SSSR count). The third kappa shape index (κ3) is 1.55. The molecule has 0 bridgehead atoms. The zero-order chi connectivity index (χ0) is 7.78. The molecule has 0 aliphatic rings. The molecule has 56 valence electrons. The predicted molar refractivity (Wildman–Crippen MR) is 46.3 cm³/mol. The molecule has 0 radical (unpaired) electrons. The van der Waals surface area contributed by atoms with Gasteiger partial charge in [0.15, 0.2) is 0 Å². The van der Waals surface area contributed by atoms with Crippen molar-refractivity contribution in [3.63, 3.8) is 0 Å². The van der Waals surface area contributed by atoms with Gasteiger partial charge in [0.05, 0.1) is 17.4 Å². The van der Waals surface area contributed by atoms with Crippen LogP contribution in [0.4, 0.5) is 0 Å². The summed E-state index contributed by atoms with van der Waals surface area (Å²) in [5.41, 5.74) is 1.14. The summed E-state index contributed by atoms with van der Waals surface area (Å²) in [7, 11) is 0. The lowest BCUT2D eigenvalue weighted by molar-refractivity contribution is 0.571. The fourth-order valence-electron chi connectivity index (χ4n) is 0.624. The second-order valence-electron chi connectivity index (χ2n) is 3.15. The van der Waals surface area contributed by atoms with Crippen molar-refractivity contribution in [3.05, 3.63) is 10.3 Å². The van der Waals surface area contributed by atoms with Gasteiger partial charge in [-0.25, -0.2) is 0 Å². The van der Waals surface area contributed by atoms with Crippen molar-refractivity contribution >= 4 is 27.7 Å². The highest BCUT2D eigenvalue weighted by Gasteiger charge is 2.20. The quantitative estimate of drug-likeness (QED) is 0.672. The van der Waals surface area contributed by atoms with Crippen molar-refractivity contribution in [1.29, 1.82) is 0 Å². The Bertz CT molecular complexity index is 226. The van der Waals surface area contributed by atoms with Crippen molar-refractivity contribution in [1.82, 2.24) is 8.75 Å². The summed E-state index contributed by atoms with van der Waals surface area (Å²) >= 11 is 4.59. The third-order valence-electron chi connectivity index (χ3n) is 1.16. The van der Waals surface area contributed by atoms with E-state index in [1.807, 2.05) is 0 Å². The zero-order valence-corrected chi connectivity index (χ0v) is 8.58. The van der Waals surface area contributed by atoms with Crippen molar-refractivity contribution < 1.29 is 0 Å². The van der Waals surface area contributed by atoms with Crippen LogP contribution in [0.3, 0.4) is 0 Å². The summed E-state index contributed by atoms with van der Waals surface area (Å²) in [6, 6.07) is 0. The van der Waals surface area contributed by atoms with E-state index in [4.69, 9.17) is 0 Å². The van der Waals surface area contributed by atoms with Gasteiger partial charge in [0.1, 0.15) is 4.60 Å². The summed E-state index contributed by atoms with van der Waals surface area (Å²) in [5.74, 6) is 0. The molecule has 0 spiro atoms. The van der Waals surface area contributed by atoms with Gasteiger partial charge < -0.3 is 0 Å². The second-order valence-corrected chi connectivity index (χ2v) is 4.43. The number of rotatable bonds is 0. The molecule has 0 aliphatic heterocycles. The van der Waals surface area contributed by atoms with E-state index in [0.29, 0.717) is 0 Å². The van der Waals surface area contributed by atoms with Gasteiger partial charge in [0.2, 0.25) is 0 Å². The van der Waals surface area contributed by atoms with Crippen LogP contribution in [0.15, 0.2) is 4.60 Å². The Kier molecular flexibility index (Phi) is 2.10. The number of aromatic nitrogens is 2. The maximum atomic E-state index is 4.17. The molecule has 0 saturated heterocycles. The number of halogens is 1. The molecule has 0 unspecified atom stereocenters. The molecule has 0 aromatic carbocycles. The summed E-state index contributed by atoms with van der Waals surface area (Å²) in [4.78, 5) is 0. The Morgan fingerprint density at radius 1 is 1.30 bits per heavy atom. The van der Waals surface area contributed by atoms with Gasteiger partial charge in [-0.3, -0.25) is 0 Å². The van der Waals surface area contributed by atoms with Crippen LogP contribution >= 0.6 is 27.7 Å². The molecule has 1 aromatic heterocycles. The van der Waals surface area contributed by atoms with E-state index in [1.165, 1.54) is 11.7 Å². The molecule has 0 fully saturated rings. The molecule has 0 aliphatic carbocycles.